The maximum atomic E-state index is 13.5. The fraction of sp³-hybridized carbons (Fsp3) is 0.429. The molecule has 0 unspecified atom stereocenters. The third kappa shape index (κ3) is 5.96. The SMILES string of the molecule is CCNC(=NCc1ccc(F)cc1CSC)NCC(=O)N1CCc2sccc2C1. The summed E-state index contributed by atoms with van der Waals surface area (Å²) in [4.78, 5) is 20.5. The number of benzene rings is 1. The highest BCUT2D eigenvalue weighted by atomic mass is 32.2. The van der Waals surface area contributed by atoms with Gasteiger partial charge in [-0.05, 0) is 59.9 Å². The average molecular weight is 435 g/mol. The summed E-state index contributed by atoms with van der Waals surface area (Å²) >= 11 is 3.42. The van der Waals surface area contributed by atoms with Crippen LogP contribution in [0.4, 0.5) is 4.39 Å². The Hall–Kier alpha value is -2.06. The van der Waals surface area contributed by atoms with Crippen LogP contribution in [0.3, 0.4) is 0 Å². The molecule has 29 heavy (non-hydrogen) atoms. The molecule has 156 valence electrons. The van der Waals surface area contributed by atoms with Crippen LogP contribution in [0.5, 0.6) is 0 Å². The monoisotopic (exact) mass is 434 g/mol. The van der Waals surface area contributed by atoms with Gasteiger partial charge in [-0.15, -0.1) is 11.3 Å². The largest absolute Gasteiger partial charge is 0.357 e. The van der Waals surface area contributed by atoms with E-state index in [0.29, 0.717) is 25.6 Å². The van der Waals surface area contributed by atoms with Crippen molar-refractivity contribution in [3.63, 3.8) is 0 Å². The lowest BCUT2D eigenvalue weighted by Gasteiger charge is -2.27. The summed E-state index contributed by atoms with van der Waals surface area (Å²) in [5.74, 6) is 1.17. The van der Waals surface area contributed by atoms with E-state index in [0.717, 1.165) is 29.8 Å². The Morgan fingerprint density at radius 2 is 2.17 bits per heavy atom. The van der Waals surface area contributed by atoms with E-state index in [1.54, 1.807) is 35.2 Å². The van der Waals surface area contributed by atoms with E-state index >= 15 is 0 Å². The van der Waals surface area contributed by atoms with Crippen LogP contribution in [0.1, 0.15) is 28.5 Å². The molecule has 2 heterocycles. The molecule has 5 nitrogen and oxygen atoms in total. The predicted molar refractivity (Wildman–Crippen MR) is 120 cm³/mol. The van der Waals surface area contributed by atoms with Crippen LogP contribution in [-0.4, -0.2) is 42.7 Å². The fourth-order valence-corrected chi connectivity index (χ4v) is 4.75. The number of thiophene rings is 1. The number of thioether (sulfide) groups is 1. The molecule has 0 saturated carbocycles. The smallest absolute Gasteiger partial charge is 0.242 e. The highest BCUT2D eigenvalue weighted by molar-refractivity contribution is 7.97. The molecule has 2 aromatic rings. The second-order valence-electron chi connectivity index (χ2n) is 6.83. The number of nitrogens with zero attached hydrogens (tertiary/aromatic N) is 2. The number of rotatable bonds is 7. The Labute approximate surface area is 179 Å². The number of halogens is 1. The number of hydrogen-bond donors (Lipinski definition) is 2. The van der Waals surface area contributed by atoms with Crippen LogP contribution in [0.2, 0.25) is 0 Å². The molecule has 1 amide bonds. The number of aliphatic imine (C=N–C) groups is 1. The van der Waals surface area contributed by atoms with E-state index < -0.39 is 0 Å². The number of guanidine groups is 1. The fourth-order valence-electron chi connectivity index (χ4n) is 3.28. The van der Waals surface area contributed by atoms with E-state index in [9.17, 15) is 9.18 Å². The van der Waals surface area contributed by atoms with Gasteiger partial charge >= 0.3 is 0 Å². The Bertz CT molecular complexity index is 868. The molecule has 0 aliphatic carbocycles. The Morgan fingerprint density at radius 1 is 1.31 bits per heavy atom. The average Bonchev–Trinajstić information content (AvgIpc) is 3.19. The molecule has 3 rings (SSSR count). The minimum atomic E-state index is -0.229. The van der Waals surface area contributed by atoms with Crippen LogP contribution >= 0.6 is 23.1 Å². The first kappa shape index (κ1) is 21.6. The first-order chi connectivity index (χ1) is 14.1. The summed E-state index contributed by atoms with van der Waals surface area (Å²) in [5.41, 5.74) is 3.20. The number of hydrogen-bond acceptors (Lipinski definition) is 4. The molecule has 0 bridgehead atoms. The zero-order chi connectivity index (χ0) is 20.6. The Morgan fingerprint density at radius 3 is 2.97 bits per heavy atom. The third-order valence-corrected chi connectivity index (χ3v) is 6.41. The maximum absolute atomic E-state index is 13.5. The van der Waals surface area contributed by atoms with Gasteiger partial charge in [-0.2, -0.15) is 11.8 Å². The lowest BCUT2D eigenvalue weighted by atomic mass is 10.1. The molecular formula is C21H27FN4OS2. The number of nitrogens with one attached hydrogen (secondary N) is 2. The first-order valence-corrected chi connectivity index (χ1v) is 12.0. The highest BCUT2D eigenvalue weighted by Gasteiger charge is 2.21. The second-order valence-corrected chi connectivity index (χ2v) is 8.70. The lowest BCUT2D eigenvalue weighted by molar-refractivity contribution is -0.130. The summed E-state index contributed by atoms with van der Waals surface area (Å²) < 4.78 is 13.5. The molecule has 0 radical (unpaired) electrons. The van der Waals surface area contributed by atoms with Crippen molar-refractivity contribution in [2.75, 3.05) is 25.9 Å². The van der Waals surface area contributed by atoms with E-state index in [-0.39, 0.29) is 18.3 Å². The molecule has 1 aromatic carbocycles. The van der Waals surface area contributed by atoms with Crippen molar-refractivity contribution in [2.24, 2.45) is 4.99 Å². The highest BCUT2D eigenvalue weighted by Crippen LogP contribution is 2.23. The number of carbonyl (C=O) groups excluding carboxylic acids is 1. The van der Waals surface area contributed by atoms with Gasteiger partial charge in [0, 0.05) is 30.3 Å². The summed E-state index contributed by atoms with van der Waals surface area (Å²) in [6.45, 7) is 4.76. The summed E-state index contributed by atoms with van der Waals surface area (Å²) in [6, 6.07) is 6.92. The molecule has 2 N–H and O–H groups in total. The van der Waals surface area contributed by atoms with Gasteiger partial charge < -0.3 is 15.5 Å². The van der Waals surface area contributed by atoms with Gasteiger partial charge in [0.15, 0.2) is 5.96 Å². The topological polar surface area (TPSA) is 56.7 Å². The van der Waals surface area contributed by atoms with E-state index in [2.05, 4.69) is 27.1 Å². The van der Waals surface area contributed by atoms with Crippen LogP contribution in [-0.2, 0) is 30.1 Å². The van der Waals surface area contributed by atoms with Gasteiger partial charge in [0.25, 0.3) is 0 Å². The number of fused-ring (bicyclic) bond motifs is 1. The lowest BCUT2D eigenvalue weighted by Crippen LogP contribution is -2.45. The summed E-state index contributed by atoms with van der Waals surface area (Å²) in [6.07, 6.45) is 2.92. The van der Waals surface area contributed by atoms with E-state index in [4.69, 9.17) is 0 Å². The van der Waals surface area contributed by atoms with Crippen molar-refractivity contribution >= 4 is 35.0 Å². The summed E-state index contributed by atoms with van der Waals surface area (Å²) in [7, 11) is 0. The van der Waals surface area contributed by atoms with Gasteiger partial charge in [-0.1, -0.05) is 6.07 Å². The van der Waals surface area contributed by atoms with E-state index in [1.165, 1.54) is 16.5 Å². The maximum Gasteiger partial charge on any atom is 0.242 e. The van der Waals surface area contributed by atoms with Crippen molar-refractivity contribution in [3.05, 3.63) is 57.0 Å². The molecule has 0 atom stereocenters. The van der Waals surface area contributed by atoms with Crippen molar-refractivity contribution in [1.82, 2.24) is 15.5 Å². The molecule has 8 heteroatoms. The Balaban J connectivity index is 1.59. The number of amides is 1. The minimum Gasteiger partial charge on any atom is -0.357 e. The zero-order valence-electron chi connectivity index (χ0n) is 16.8. The van der Waals surface area contributed by atoms with Gasteiger partial charge in [-0.3, -0.25) is 4.79 Å². The standard InChI is InChI=1S/C21H27FN4OS2/c1-3-23-21(24-11-15-4-5-18(22)10-17(15)14-28-2)25-12-20(27)26-8-6-19-16(13-26)7-9-29-19/h4-5,7,9-10H,3,6,8,11-14H2,1-2H3,(H2,23,24,25). The first-order valence-electron chi connectivity index (χ1n) is 9.72. The second kappa shape index (κ2) is 10.6. The Kier molecular flexibility index (Phi) is 7.94. The van der Waals surface area contributed by atoms with Gasteiger partial charge in [0.1, 0.15) is 5.82 Å². The van der Waals surface area contributed by atoms with Crippen molar-refractivity contribution in [2.45, 2.75) is 32.2 Å². The molecule has 1 aliphatic rings. The van der Waals surface area contributed by atoms with Crippen molar-refractivity contribution < 1.29 is 9.18 Å². The van der Waals surface area contributed by atoms with Crippen LogP contribution in [0.15, 0.2) is 34.6 Å². The molecule has 1 aliphatic heterocycles. The molecule has 0 fully saturated rings. The quantitative estimate of drug-likeness (QED) is 0.518. The van der Waals surface area contributed by atoms with Gasteiger partial charge in [0.2, 0.25) is 5.91 Å². The number of carbonyl (C=O) groups is 1. The predicted octanol–water partition coefficient (Wildman–Crippen LogP) is 3.39. The minimum absolute atomic E-state index is 0.0670. The van der Waals surface area contributed by atoms with Crippen molar-refractivity contribution in [3.8, 4) is 0 Å². The van der Waals surface area contributed by atoms with Crippen molar-refractivity contribution in [1.29, 1.82) is 0 Å². The normalized spacial score (nSPS) is 13.9. The molecule has 1 aromatic heterocycles. The van der Waals surface area contributed by atoms with E-state index in [1.807, 2.05) is 18.1 Å². The molecule has 0 saturated heterocycles. The van der Waals surface area contributed by atoms with Crippen LogP contribution in [0.25, 0.3) is 0 Å². The van der Waals surface area contributed by atoms with Gasteiger partial charge in [0.05, 0.1) is 13.1 Å². The zero-order valence-corrected chi connectivity index (χ0v) is 18.5. The van der Waals surface area contributed by atoms with Crippen LogP contribution < -0.4 is 10.6 Å². The summed E-state index contributed by atoms with van der Waals surface area (Å²) in [5, 5.41) is 8.41. The van der Waals surface area contributed by atoms with Crippen LogP contribution in [0, 0.1) is 5.82 Å². The molecule has 0 spiro atoms. The third-order valence-electron chi connectivity index (χ3n) is 4.79. The molecular weight excluding hydrogens is 407 g/mol. The van der Waals surface area contributed by atoms with Gasteiger partial charge in [-0.25, -0.2) is 9.38 Å².